The fraction of sp³-hybridized carbons (Fsp3) is 0.571. The lowest BCUT2D eigenvalue weighted by Crippen LogP contribution is -2.53. The van der Waals surface area contributed by atoms with Crippen LogP contribution in [0.1, 0.15) is 19.4 Å². The Balaban J connectivity index is 2.09. The molecule has 1 atom stereocenters. The van der Waals surface area contributed by atoms with E-state index in [1.807, 2.05) is 19.9 Å². The molecule has 106 valence electrons. The molecule has 1 aromatic carbocycles. The summed E-state index contributed by atoms with van der Waals surface area (Å²) in [4.78, 5) is 2.12. The van der Waals surface area contributed by atoms with Crippen LogP contribution < -0.4 is 0 Å². The number of nitrogens with zero attached hydrogens (tertiary/aromatic N) is 1. The second-order valence-corrected chi connectivity index (χ2v) is 6.50. The molecule has 0 radical (unpaired) electrons. The van der Waals surface area contributed by atoms with E-state index in [9.17, 15) is 9.50 Å². The summed E-state index contributed by atoms with van der Waals surface area (Å²) in [6.45, 7) is 5.83. The molecule has 19 heavy (non-hydrogen) atoms. The number of hydrogen-bond acceptors (Lipinski definition) is 3. The van der Waals surface area contributed by atoms with Gasteiger partial charge in [0.05, 0.1) is 18.3 Å². The van der Waals surface area contributed by atoms with E-state index in [0.29, 0.717) is 18.7 Å². The van der Waals surface area contributed by atoms with E-state index in [1.54, 1.807) is 6.07 Å². The molecular weight excluding hydrogens is 313 g/mol. The Morgan fingerprint density at radius 2 is 2.26 bits per heavy atom. The predicted octanol–water partition coefficient (Wildman–Crippen LogP) is 2.56. The zero-order valence-corrected chi connectivity index (χ0v) is 12.8. The maximum atomic E-state index is 13.8. The van der Waals surface area contributed by atoms with Gasteiger partial charge in [0.15, 0.2) is 0 Å². The van der Waals surface area contributed by atoms with Gasteiger partial charge in [-0.05, 0) is 26.0 Å². The van der Waals surface area contributed by atoms with Gasteiger partial charge in [0.1, 0.15) is 5.82 Å². The molecule has 0 aliphatic carbocycles. The SMILES string of the molecule is CC1(C)CN(Cc2ccc(Br)cc2F)CC(CO)O1. The van der Waals surface area contributed by atoms with Crippen LogP contribution in [0.25, 0.3) is 0 Å². The van der Waals surface area contributed by atoms with E-state index in [2.05, 4.69) is 20.8 Å². The molecule has 1 aliphatic rings. The predicted molar refractivity (Wildman–Crippen MR) is 75.4 cm³/mol. The average molecular weight is 332 g/mol. The average Bonchev–Trinajstić information content (AvgIpc) is 2.31. The van der Waals surface area contributed by atoms with Crippen LogP contribution in [0.15, 0.2) is 22.7 Å². The van der Waals surface area contributed by atoms with Crippen LogP contribution in [0.2, 0.25) is 0 Å². The van der Waals surface area contributed by atoms with Crippen molar-refractivity contribution in [2.45, 2.75) is 32.1 Å². The first-order chi connectivity index (χ1) is 8.89. The Labute approximate surface area is 121 Å². The first kappa shape index (κ1) is 14.9. The molecule has 1 aliphatic heterocycles. The van der Waals surface area contributed by atoms with Gasteiger partial charge in [0, 0.05) is 29.7 Å². The van der Waals surface area contributed by atoms with E-state index in [1.165, 1.54) is 6.07 Å². The number of morpholine rings is 1. The number of benzene rings is 1. The third kappa shape index (κ3) is 3.99. The van der Waals surface area contributed by atoms with Gasteiger partial charge in [-0.1, -0.05) is 22.0 Å². The summed E-state index contributed by atoms with van der Waals surface area (Å²) >= 11 is 3.25. The van der Waals surface area contributed by atoms with E-state index in [4.69, 9.17) is 4.74 Å². The van der Waals surface area contributed by atoms with Crippen LogP contribution >= 0.6 is 15.9 Å². The molecule has 1 N–H and O–H groups in total. The molecule has 2 rings (SSSR count). The van der Waals surface area contributed by atoms with E-state index < -0.39 is 0 Å². The Kier molecular flexibility index (Phi) is 4.61. The van der Waals surface area contributed by atoms with Crippen LogP contribution in [0.5, 0.6) is 0 Å². The van der Waals surface area contributed by atoms with E-state index in [0.717, 1.165) is 11.0 Å². The summed E-state index contributed by atoms with van der Waals surface area (Å²) in [5.41, 5.74) is 0.342. The lowest BCUT2D eigenvalue weighted by Gasteiger charge is -2.42. The molecular formula is C14H19BrFNO2. The molecule has 3 nitrogen and oxygen atoms in total. The molecule has 1 saturated heterocycles. The van der Waals surface area contributed by atoms with Crippen LogP contribution in [0.4, 0.5) is 4.39 Å². The number of rotatable bonds is 3. The normalized spacial score (nSPS) is 23.5. The van der Waals surface area contributed by atoms with Crippen molar-refractivity contribution in [3.05, 3.63) is 34.1 Å². The van der Waals surface area contributed by atoms with Crippen molar-refractivity contribution in [3.63, 3.8) is 0 Å². The highest BCUT2D eigenvalue weighted by Crippen LogP contribution is 2.24. The first-order valence-corrected chi connectivity index (χ1v) is 7.14. The quantitative estimate of drug-likeness (QED) is 0.923. The van der Waals surface area contributed by atoms with Gasteiger partial charge in [-0.3, -0.25) is 4.90 Å². The zero-order valence-electron chi connectivity index (χ0n) is 11.2. The third-order valence-corrected chi connectivity index (χ3v) is 3.66. The van der Waals surface area contributed by atoms with Crippen LogP contribution in [0, 0.1) is 5.82 Å². The highest BCUT2D eigenvalue weighted by atomic mass is 79.9. The molecule has 1 aromatic rings. The Bertz CT molecular complexity index is 453. The number of hydrogen-bond donors (Lipinski definition) is 1. The van der Waals surface area contributed by atoms with Gasteiger partial charge in [-0.25, -0.2) is 4.39 Å². The second-order valence-electron chi connectivity index (χ2n) is 5.59. The van der Waals surface area contributed by atoms with Crippen molar-refractivity contribution in [2.24, 2.45) is 0 Å². The highest BCUT2D eigenvalue weighted by Gasteiger charge is 2.33. The minimum Gasteiger partial charge on any atom is -0.394 e. The zero-order chi connectivity index (χ0) is 14.0. The molecule has 0 aromatic heterocycles. The minimum absolute atomic E-state index is 0.0112. The maximum absolute atomic E-state index is 13.8. The molecule has 1 fully saturated rings. The fourth-order valence-corrected chi connectivity index (χ4v) is 2.86. The summed E-state index contributed by atoms with van der Waals surface area (Å²) in [7, 11) is 0. The Morgan fingerprint density at radius 1 is 1.53 bits per heavy atom. The molecule has 1 heterocycles. The molecule has 5 heteroatoms. The van der Waals surface area contributed by atoms with Crippen LogP contribution in [0.3, 0.4) is 0 Å². The van der Waals surface area contributed by atoms with E-state index >= 15 is 0 Å². The van der Waals surface area contributed by atoms with Gasteiger partial charge in [-0.15, -0.1) is 0 Å². The number of halogens is 2. The van der Waals surface area contributed by atoms with Crippen molar-refractivity contribution in [2.75, 3.05) is 19.7 Å². The van der Waals surface area contributed by atoms with Crippen molar-refractivity contribution >= 4 is 15.9 Å². The molecule has 1 unspecified atom stereocenters. The highest BCUT2D eigenvalue weighted by molar-refractivity contribution is 9.10. The van der Waals surface area contributed by atoms with Gasteiger partial charge in [-0.2, -0.15) is 0 Å². The Morgan fingerprint density at radius 3 is 2.89 bits per heavy atom. The number of ether oxygens (including phenoxy) is 1. The summed E-state index contributed by atoms with van der Waals surface area (Å²) in [6, 6.07) is 5.10. The first-order valence-electron chi connectivity index (χ1n) is 6.34. The van der Waals surface area contributed by atoms with Gasteiger partial charge in [0.2, 0.25) is 0 Å². The van der Waals surface area contributed by atoms with E-state index in [-0.39, 0.29) is 24.1 Å². The van der Waals surface area contributed by atoms with Crippen molar-refractivity contribution in [3.8, 4) is 0 Å². The van der Waals surface area contributed by atoms with Gasteiger partial charge < -0.3 is 9.84 Å². The van der Waals surface area contributed by atoms with Crippen LogP contribution in [-0.2, 0) is 11.3 Å². The standard InChI is InChI=1S/C14H19BrFNO2/c1-14(2)9-17(7-12(8-18)19-14)6-10-3-4-11(15)5-13(10)16/h3-5,12,18H,6-9H2,1-2H3. The third-order valence-electron chi connectivity index (χ3n) is 3.16. The smallest absolute Gasteiger partial charge is 0.128 e. The van der Waals surface area contributed by atoms with Gasteiger partial charge in [0.25, 0.3) is 0 Å². The van der Waals surface area contributed by atoms with Crippen molar-refractivity contribution < 1.29 is 14.2 Å². The fourth-order valence-electron chi connectivity index (χ4n) is 2.52. The maximum Gasteiger partial charge on any atom is 0.128 e. The largest absolute Gasteiger partial charge is 0.394 e. The summed E-state index contributed by atoms with van der Waals surface area (Å²) in [5, 5.41) is 9.27. The summed E-state index contributed by atoms with van der Waals surface area (Å²) in [6.07, 6.45) is -0.206. The van der Waals surface area contributed by atoms with Crippen LogP contribution in [-0.4, -0.2) is 41.4 Å². The molecule has 0 bridgehead atoms. The lowest BCUT2D eigenvalue weighted by molar-refractivity contribution is -0.150. The summed E-state index contributed by atoms with van der Waals surface area (Å²) < 4.78 is 20.3. The summed E-state index contributed by atoms with van der Waals surface area (Å²) in [5.74, 6) is -0.209. The van der Waals surface area contributed by atoms with Crippen molar-refractivity contribution in [1.82, 2.24) is 4.90 Å². The molecule has 0 spiro atoms. The number of aliphatic hydroxyl groups is 1. The molecule has 0 amide bonds. The topological polar surface area (TPSA) is 32.7 Å². The lowest BCUT2D eigenvalue weighted by atomic mass is 10.0. The molecule has 0 saturated carbocycles. The Hall–Kier alpha value is -0.490. The number of aliphatic hydroxyl groups excluding tert-OH is 1. The minimum atomic E-state index is -0.322. The van der Waals surface area contributed by atoms with Crippen molar-refractivity contribution in [1.29, 1.82) is 0 Å². The van der Waals surface area contributed by atoms with Gasteiger partial charge >= 0.3 is 0 Å². The monoisotopic (exact) mass is 331 g/mol. The second kappa shape index (κ2) is 5.87.